The molecule has 1 aliphatic rings. The van der Waals surface area contributed by atoms with Crippen LogP contribution in [0.1, 0.15) is 6.42 Å². The van der Waals surface area contributed by atoms with Crippen molar-refractivity contribution in [2.45, 2.75) is 14.8 Å². The Bertz CT molecular complexity index is 134. The minimum atomic E-state index is -1.23. The van der Waals surface area contributed by atoms with Crippen LogP contribution < -0.4 is 0 Å². The second-order valence-corrected chi connectivity index (χ2v) is 10.4. The van der Waals surface area contributed by atoms with Crippen molar-refractivity contribution in [2.24, 2.45) is 0 Å². The summed E-state index contributed by atoms with van der Waals surface area (Å²) in [6, 6.07) is 2.25. The Morgan fingerprint density at radius 3 is 3.12 bits per heavy atom. The average molecular weight is 209 g/mol. The van der Waals surface area contributed by atoms with Crippen LogP contribution in [0.15, 0.2) is 9.91 Å². The number of allylic oxidation sites excluding steroid dienone is 1. The Balaban J connectivity index is 2.28. The van der Waals surface area contributed by atoms with Crippen molar-refractivity contribution < 1.29 is 0 Å². The molecule has 2 heteroatoms. The van der Waals surface area contributed by atoms with Crippen LogP contribution in [-0.2, 0) is 0 Å². The summed E-state index contributed by atoms with van der Waals surface area (Å²) in [7, 11) is 0. The van der Waals surface area contributed by atoms with Crippen LogP contribution in [0, 0.1) is 11.3 Å². The first-order chi connectivity index (χ1) is 3.93. The molecule has 0 radical (unpaired) electrons. The molecule has 0 aromatic carbocycles. The summed E-state index contributed by atoms with van der Waals surface area (Å²) in [5, 5.41) is 8.30. The van der Waals surface area contributed by atoms with Gasteiger partial charge in [0.15, 0.2) is 0 Å². The summed E-state index contributed by atoms with van der Waals surface area (Å²) in [6.45, 7) is 0. The summed E-state index contributed by atoms with van der Waals surface area (Å²) in [5.41, 5.74) is 0. The van der Waals surface area contributed by atoms with E-state index in [2.05, 4.69) is 16.0 Å². The van der Waals surface area contributed by atoms with Crippen molar-refractivity contribution >= 4 is 21.4 Å². The van der Waals surface area contributed by atoms with Gasteiger partial charge in [-0.2, -0.15) is 0 Å². The zero-order valence-corrected chi connectivity index (χ0v) is 8.10. The van der Waals surface area contributed by atoms with Gasteiger partial charge in [0.25, 0.3) is 0 Å². The fourth-order valence-corrected chi connectivity index (χ4v) is 6.59. The molecule has 0 unspecified atom stereocenters. The first-order valence-electron chi connectivity index (χ1n) is 2.97. The van der Waals surface area contributed by atoms with Gasteiger partial charge >= 0.3 is 57.5 Å². The van der Waals surface area contributed by atoms with Gasteiger partial charge in [0.05, 0.1) is 0 Å². The Hall–Kier alpha value is 0.100. The van der Waals surface area contributed by atoms with E-state index in [0.29, 0.717) is 0 Å². The van der Waals surface area contributed by atoms with Crippen molar-refractivity contribution in [2.75, 3.05) is 0 Å². The first-order valence-corrected chi connectivity index (χ1v) is 9.53. The zero-order chi connectivity index (χ0) is 5.82. The molecule has 8 heavy (non-hydrogen) atoms. The van der Waals surface area contributed by atoms with E-state index in [-0.39, 0.29) is 0 Å². The van der Waals surface area contributed by atoms with Crippen LogP contribution in [0.3, 0.4) is 0 Å². The van der Waals surface area contributed by atoms with Gasteiger partial charge in [0.1, 0.15) is 0 Å². The van der Waals surface area contributed by atoms with Gasteiger partial charge in [0.2, 0.25) is 0 Å². The average Bonchev–Trinajstić information content (AvgIpc) is 2.19. The van der Waals surface area contributed by atoms with E-state index in [1.807, 2.05) is 0 Å². The first kappa shape index (κ1) is 6.22. The normalized spacial score (nSPS) is 16.6. The second kappa shape index (κ2) is 3.19. The molecule has 0 spiro atoms. The number of hydrogen-bond acceptors (Lipinski definition) is 1. The molecule has 0 aliphatic carbocycles. The number of rotatable bonds is 1. The molecule has 0 aromatic rings. The summed E-state index contributed by atoms with van der Waals surface area (Å²) >= 11 is -1.23. The van der Waals surface area contributed by atoms with Crippen LogP contribution in [0.5, 0.6) is 0 Å². The van der Waals surface area contributed by atoms with Gasteiger partial charge in [0, 0.05) is 0 Å². The molecule has 1 heterocycles. The quantitative estimate of drug-likeness (QED) is 0.641. The molecule has 0 fully saturated rings. The predicted octanol–water partition coefficient (Wildman–Crippen LogP) is 1.50. The van der Waals surface area contributed by atoms with Crippen molar-refractivity contribution in [1.82, 2.24) is 0 Å². The molecular formula is C6H8InN. The Labute approximate surface area is 57.5 Å². The summed E-state index contributed by atoms with van der Waals surface area (Å²) in [4.78, 5) is 0. The maximum atomic E-state index is 8.30. The van der Waals surface area contributed by atoms with E-state index < -0.39 is 21.4 Å². The molecule has 40 valence electrons. The van der Waals surface area contributed by atoms with Crippen molar-refractivity contribution in [3.05, 3.63) is 9.91 Å². The van der Waals surface area contributed by atoms with Crippen LogP contribution >= 0.6 is 0 Å². The Morgan fingerprint density at radius 2 is 2.62 bits per heavy atom. The molecule has 0 N–H and O–H groups in total. The van der Waals surface area contributed by atoms with Crippen LogP contribution in [0.25, 0.3) is 0 Å². The maximum absolute atomic E-state index is 8.30. The van der Waals surface area contributed by atoms with E-state index in [1.54, 1.807) is 0 Å². The fourth-order valence-electron chi connectivity index (χ4n) is 0.983. The fraction of sp³-hybridized carbons (Fsp3) is 0.500. The molecule has 1 nitrogen and oxygen atoms in total. The van der Waals surface area contributed by atoms with Crippen LogP contribution in [0.4, 0.5) is 0 Å². The second-order valence-electron chi connectivity index (χ2n) is 2.13. The summed E-state index contributed by atoms with van der Waals surface area (Å²) in [5.74, 6) is 0. The summed E-state index contributed by atoms with van der Waals surface area (Å²) in [6.07, 6.45) is 3.51. The molecule has 0 saturated heterocycles. The molecule has 0 atom stereocenters. The topological polar surface area (TPSA) is 23.8 Å². The molecule has 1 rings (SSSR count). The SMILES string of the molecule is N#C[CH2][In]1[CH]=CC[CH2]1. The van der Waals surface area contributed by atoms with E-state index in [1.165, 1.54) is 10.6 Å². The molecule has 0 amide bonds. The third-order valence-electron chi connectivity index (χ3n) is 1.47. The van der Waals surface area contributed by atoms with Crippen LogP contribution in [-0.4, -0.2) is 21.4 Å². The number of nitrogens with zero attached hydrogens (tertiary/aromatic N) is 1. The van der Waals surface area contributed by atoms with E-state index in [0.717, 1.165) is 4.18 Å². The number of nitriles is 1. The van der Waals surface area contributed by atoms with Gasteiger partial charge in [-0.25, -0.2) is 0 Å². The Morgan fingerprint density at radius 1 is 1.75 bits per heavy atom. The zero-order valence-electron chi connectivity index (χ0n) is 4.80. The van der Waals surface area contributed by atoms with Crippen molar-refractivity contribution in [1.29, 1.82) is 5.26 Å². The van der Waals surface area contributed by atoms with Crippen molar-refractivity contribution in [3.8, 4) is 6.07 Å². The van der Waals surface area contributed by atoms with E-state index in [9.17, 15) is 0 Å². The third-order valence-corrected chi connectivity index (χ3v) is 8.88. The van der Waals surface area contributed by atoms with Gasteiger partial charge in [-0.1, -0.05) is 0 Å². The van der Waals surface area contributed by atoms with Gasteiger partial charge in [-0.15, -0.1) is 0 Å². The number of hydrogen-bond donors (Lipinski definition) is 0. The van der Waals surface area contributed by atoms with E-state index in [4.69, 9.17) is 5.26 Å². The monoisotopic (exact) mass is 209 g/mol. The van der Waals surface area contributed by atoms with Crippen molar-refractivity contribution in [3.63, 3.8) is 0 Å². The molecule has 1 aliphatic heterocycles. The minimum absolute atomic E-state index is 0.915. The molecule has 0 bridgehead atoms. The van der Waals surface area contributed by atoms with Crippen LogP contribution in [0.2, 0.25) is 8.35 Å². The molecule has 0 saturated carbocycles. The summed E-state index contributed by atoms with van der Waals surface area (Å²) < 4.78 is 4.66. The van der Waals surface area contributed by atoms with E-state index >= 15 is 0 Å². The predicted molar refractivity (Wildman–Crippen MR) is 34.7 cm³/mol. The Kier molecular flexibility index (Phi) is 2.48. The third kappa shape index (κ3) is 1.56. The molecule has 0 aromatic heterocycles. The molecular weight excluding hydrogens is 201 g/mol. The standard InChI is InChI=1S/C4H6.C2H2N.In/c1-3-4-2;1-2-3;/h1,3H,2,4H2;1H2;. The van der Waals surface area contributed by atoms with Gasteiger partial charge in [-0.3, -0.25) is 0 Å². The van der Waals surface area contributed by atoms with Gasteiger partial charge in [-0.05, 0) is 0 Å². The van der Waals surface area contributed by atoms with Gasteiger partial charge < -0.3 is 0 Å².